The van der Waals surface area contributed by atoms with Crippen molar-refractivity contribution in [2.45, 2.75) is 78.2 Å². The first-order valence-corrected chi connectivity index (χ1v) is 10.5. The molecular weight excluding hydrogens is 370 g/mol. The Bertz CT molecular complexity index is 704. The summed E-state index contributed by atoms with van der Waals surface area (Å²) in [6.45, 7) is 11.9. The molecule has 0 saturated heterocycles. The van der Waals surface area contributed by atoms with Crippen molar-refractivity contribution in [3.8, 4) is 5.75 Å². The summed E-state index contributed by atoms with van der Waals surface area (Å²) in [6.07, 6.45) is 2.02. The number of carbonyl (C=O) groups is 2. The average molecular weight is 406 g/mol. The van der Waals surface area contributed by atoms with Crippen LogP contribution in [0.15, 0.2) is 18.2 Å². The van der Waals surface area contributed by atoms with Crippen molar-refractivity contribution in [2.24, 2.45) is 5.92 Å². The normalized spacial score (nSPS) is 15.0. The van der Waals surface area contributed by atoms with E-state index >= 15 is 0 Å². The second-order valence-electron chi connectivity index (χ2n) is 9.00. The van der Waals surface area contributed by atoms with Crippen LogP contribution in [-0.2, 0) is 14.3 Å². The Kier molecular flexibility index (Phi) is 7.94. The lowest BCUT2D eigenvalue weighted by Crippen LogP contribution is -2.33. The van der Waals surface area contributed by atoms with E-state index in [1.54, 1.807) is 20.8 Å². The van der Waals surface area contributed by atoms with Crippen LogP contribution in [0, 0.1) is 5.92 Å². The Morgan fingerprint density at radius 1 is 1.14 bits per heavy atom. The largest absolute Gasteiger partial charge is 0.457 e. The van der Waals surface area contributed by atoms with Gasteiger partial charge in [0.05, 0.1) is 6.42 Å². The maximum atomic E-state index is 12.0. The summed E-state index contributed by atoms with van der Waals surface area (Å²) in [4.78, 5) is 23.6. The van der Waals surface area contributed by atoms with Crippen molar-refractivity contribution in [1.82, 2.24) is 5.32 Å². The fourth-order valence-electron chi connectivity index (χ4n) is 3.21. The van der Waals surface area contributed by atoms with Gasteiger partial charge in [-0.25, -0.2) is 4.79 Å². The van der Waals surface area contributed by atoms with Crippen molar-refractivity contribution < 1.29 is 23.8 Å². The molecule has 6 nitrogen and oxygen atoms in total. The van der Waals surface area contributed by atoms with Crippen LogP contribution in [0.5, 0.6) is 5.75 Å². The second kappa shape index (κ2) is 9.99. The lowest BCUT2D eigenvalue weighted by molar-refractivity contribution is -0.150. The monoisotopic (exact) mass is 405 g/mol. The molecule has 1 saturated carbocycles. The number of benzene rings is 1. The van der Waals surface area contributed by atoms with E-state index in [-0.39, 0.29) is 19.8 Å². The number of rotatable bonds is 9. The van der Waals surface area contributed by atoms with Gasteiger partial charge >= 0.3 is 12.1 Å². The lowest BCUT2D eigenvalue weighted by Gasteiger charge is -2.21. The first kappa shape index (κ1) is 23.0. The fraction of sp³-hybridized carbons (Fsp3) is 0.652. The average Bonchev–Trinajstić information content (AvgIpc) is 3.44. The summed E-state index contributed by atoms with van der Waals surface area (Å²) >= 11 is 0. The molecule has 1 N–H and O–H groups in total. The Morgan fingerprint density at radius 2 is 1.79 bits per heavy atom. The zero-order chi connectivity index (χ0) is 21.6. The number of nitrogens with one attached hydrogen (secondary N) is 1. The summed E-state index contributed by atoms with van der Waals surface area (Å²) in [5.74, 6) is 1.85. The SMILES string of the molecule is CC(C)c1cccc([C@H](C)C2CC2)c1OCOC(=O)CCNC(=O)OC(C)(C)C. The van der Waals surface area contributed by atoms with E-state index in [2.05, 4.69) is 44.3 Å². The van der Waals surface area contributed by atoms with Crippen LogP contribution in [0.1, 0.15) is 83.8 Å². The molecule has 0 spiro atoms. The number of carbonyl (C=O) groups excluding carboxylic acids is 2. The molecule has 1 aromatic carbocycles. The number of ether oxygens (including phenoxy) is 3. The summed E-state index contributed by atoms with van der Waals surface area (Å²) < 4.78 is 16.3. The molecule has 6 heteroatoms. The lowest BCUT2D eigenvalue weighted by atomic mass is 9.90. The quantitative estimate of drug-likeness (QED) is 0.456. The highest BCUT2D eigenvalue weighted by molar-refractivity contribution is 5.71. The smallest absolute Gasteiger partial charge is 0.407 e. The molecule has 1 fully saturated rings. The van der Waals surface area contributed by atoms with E-state index in [0.29, 0.717) is 17.8 Å². The molecular formula is C23H35NO5. The van der Waals surface area contributed by atoms with Crippen LogP contribution < -0.4 is 10.1 Å². The molecule has 0 radical (unpaired) electrons. The summed E-state index contributed by atoms with van der Waals surface area (Å²) in [5.41, 5.74) is 1.73. The number of para-hydroxylation sites is 1. The van der Waals surface area contributed by atoms with Crippen molar-refractivity contribution >= 4 is 12.1 Å². The molecule has 1 amide bonds. The van der Waals surface area contributed by atoms with Crippen molar-refractivity contribution in [1.29, 1.82) is 0 Å². The maximum absolute atomic E-state index is 12.0. The van der Waals surface area contributed by atoms with Gasteiger partial charge in [0.2, 0.25) is 6.79 Å². The van der Waals surface area contributed by atoms with Crippen molar-refractivity contribution in [3.05, 3.63) is 29.3 Å². The Labute approximate surface area is 174 Å². The zero-order valence-electron chi connectivity index (χ0n) is 18.5. The third-order valence-corrected chi connectivity index (χ3v) is 4.94. The molecule has 0 unspecified atom stereocenters. The van der Waals surface area contributed by atoms with Crippen LogP contribution in [0.25, 0.3) is 0 Å². The number of alkyl carbamates (subject to hydrolysis) is 1. The predicted molar refractivity (Wildman–Crippen MR) is 112 cm³/mol. The van der Waals surface area contributed by atoms with Gasteiger partial charge in [0.25, 0.3) is 0 Å². The van der Waals surface area contributed by atoms with Gasteiger partial charge in [-0.2, -0.15) is 0 Å². The summed E-state index contributed by atoms with van der Waals surface area (Å²) in [6, 6.07) is 6.25. The van der Waals surface area contributed by atoms with E-state index in [4.69, 9.17) is 14.2 Å². The van der Waals surface area contributed by atoms with Crippen LogP contribution in [0.3, 0.4) is 0 Å². The highest BCUT2D eigenvalue weighted by atomic mass is 16.7. The fourth-order valence-corrected chi connectivity index (χ4v) is 3.21. The van der Waals surface area contributed by atoms with E-state index in [1.807, 2.05) is 0 Å². The molecule has 2 rings (SSSR count). The molecule has 0 bridgehead atoms. The highest BCUT2D eigenvalue weighted by Crippen LogP contribution is 2.46. The molecule has 162 valence electrons. The minimum Gasteiger partial charge on any atom is -0.457 e. The maximum Gasteiger partial charge on any atom is 0.407 e. The van der Waals surface area contributed by atoms with Gasteiger partial charge in [0, 0.05) is 6.54 Å². The number of hydrogen-bond acceptors (Lipinski definition) is 5. The van der Waals surface area contributed by atoms with Crippen LogP contribution in [0.4, 0.5) is 4.79 Å². The van der Waals surface area contributed by atoms with Crippen molar-refractivity contribution in [2.75, 3.05) is 13.3 Å². The van der Waals surface area contributed by atoms with Gasteiger partial charge in [0.1, 0.15) is 11.4 Å². The van der Waals surface area contributed by atoms with E-state index in [1.165, 1.54) is 18.4 Å². The Balaban J connectivity index is 1.85. The minimum atomic E-state index is -0.572. The molecule has 29 heavy (non-hydrogen) atoms. The van der Waals surface area contributed by atoms with Crippen LogP contribution in [0.2, 0.25) is 0 Å². The third kappa shape index (κ3) is 7.59. The van der Waals surface area contributed by atoms with E-state index < -0.39 is 17.7 Å². The van der Waals surface area contributed by atoms with Gasteiger partial charge in [-0.1, -0.05) is 39.0 Å². The minimum absolute atomic E-state index is 0.0553. The van der Waals surface area contributed by atoms with Gasteiger partial charge < -0.3 is 19.5 Å². The predicted octanol–water partition coefficient (Wildman–Crippen LogP) is 5.12. The number of esters is 1. The second-order valence-corrected chi connectivity index (χ2v) is 9.00. The first-order chi connectivity index (χ1) is 13.6. The number of amides is 1. The van der Waals surface area contributed by atoms with E-state index in [0.717, 1.165) is 11.3 Å². The standard InChI is InChI=1S/C23H35NO5/c1-15(2)18-8-7-9-19(16(3)17-10-11-17)21(18)28-14-27-20(25)12-13-24-22(26)29-23(4,5)6/h7-9,15-17H,10-14H2,1-6H3,(H,24,26)/t16-/m1/s1. The van der Waals surface area contributed by atoms with Crippen molar-refractivity contribution in [3.63, 3.8) is 0 Å². The molecule has 0 aliphatic heterocycles. The van der Waals surface area contributed by atoms with Gasteiger partial charge in [-0.15, -0.1) is 0 Å². The van der Waals surface area contributed by atoms with Crippen LogP contribution in [-0.4, -0.2) is 31.0 Å². The topological polar surface area (TPSA) is 73.9 Å². The zero-order valence-corrected chi connectivity index (χ0v) is 18.5. The summed E-state index contributed by atoms with van der Waals surface area (Å²) in [7, 11) is 0. The van der Waals surface area contributed by atoms with Gasteiger partial charge in [-0.05, 0) is 62.5 Å². The first-order valence-electron chi connectivity index (χ1n) is 10.5. The van der Waals surface area contributed by atoms with Gasteiger partial charge in [-0.3, -0.25) is 4.79 Å². The molecule has 1 atom stereocenters. The molecule has 0 aromatic heterocycles. The van der Waals surface area contributed by atoms with Gasteiger partial charge in [0.15, 0.2) is 0 Å². The highest BCUT2D eigenvalue weighted by Gasteiger charge is 2.31. The Morgan fingerprint density at radius 3 is 2.38 bits per heavy atom. The number of hydrogen-bond donors (Lipinski definition) is 1. The molecule has 0 heterocycles. The molecule has 1 aliphatic carbocycles. The summed E-state index contributed by atoms with van der Waals surface area (Å²) in [5, 5.41) is 2.54. The van der Waals surface area contributed by atoms with Crippen LogP contribution >= 0.6 is 0 Å². The molecule has 1 aliphatic rings. The Hall–Kier alpha value is -2.24. The third-order valence-electron chi connectivity index (χ3n) is 4.94. The van der Waals surface area contributed by atoms with E-state index in [9.17, 15) is 9.59 Å². The molecule has 1 aromatic rings.